The van der Waals surface area contributed by atoms with E-state index in [1.54, 1.807) is 7.11 Å². The molecule has 0 fully saturated rings. The Morgan fingerprint density at radius 2 is 1.78 bits per heavy atom. The van der Waals surface area contributed by atoms with Gasteiger partial charge >= 0.3 is 5.97 Å². The Morgan fingerprint density at radius 3 is 2.43 bits per heavy atom. The maximum atomic E-state index is 11.3. The minimum absolute atomic E-state index is 0.414. The number of nitrogens with two attached hydrogens (primary N) is 1. The molecule has 2 rings (SSSR count). The van der Waals surface area contributed by atoms with E-state index in [9.17, 15) is 4.79 Å². The lowest BCUT2D eigenvalue weighted by Gasteiger charge is -2.11. The topological polar surface area (TPSA) is 70.8 Å². The van der Waals surface area contributed by atoms with Crippen LogP contribution in [-0.4, -0.2) is 26.2 Å². The number of ether oxygens (including phenoxy) is 3. The van der Waals surface area contributed by atoms with Crippen LogP contribution in [0.2, 0.25) is 0 Å². The Hall–Kier alpha value is -2.53. The predicted octanol–water partition coefficient (Wildman–Crippen LogP) is 2.32. The van der Waals surface area contributed by atoms with Crippen LogP contribution in [0, 0.1) is 0 Å². The number of hydrogen-bond acceptors (Lipinski definition) is 5. The predicted molar refractivity (Wildman–Crippen MR) is 87.5 cm³/mol. The highest BCUT2D eigenvalue weighted by Crippen LogP contribution is 2.17. The molecule has 0 saturated carbocycles. The summed E-state index contributed by atoms with van der Waals surface area (Å²) in [5, 5.41) is 0. The molecule has 0 heterocycles. The molecule has 2 aromatic rings. The maximum Gasteiger partial charge on any atom is 0.322 e. The van der Waals surface area contributed by atoms with E-state index in [2.05, 4.69) is 4.74 Å². The molecule has 23 heavy (non-hydrogen) atoms. The third kappa shape index (κ3) is 5.00. The van der Waals surface area contributed by atoms with E-state index in [0.717, 1.165) is 22.6 Å². The molecule has 0 aromatic heterocycles. The van der Waals surface area contributed by atoms with Crippen LogP contribution in [0.15, 0.2) is 48.5 Å². The Balaban J connectivity index is 1.90. The summed E-state index contributed by atoms with van der Waals surface area (Å²) in [6, 6.07) is 14.6. The van der Waals surface area contributed by atoms with Crippen molar-refractivity contribution < 1.29 is 19.0 Å². The average Bonchev–Trinajstić information content (AvgIpc) is 2.60. The van der Waals surface area contributed by atoms with Gasteiger partial charge in [0.2, 0.25) is 0 Å². The van der Waals surface area contributed by atoms with Gasteiger partial charge in [0.15, 0.2) is 0 Å². The number of methoxy groups -OCH3 is 2. The van der Waals surface area contributed by atoms with Crippen LogP contribution in [0.3, 0.4) is 0 Å². The van der Waals surface area contributed by atoms with Gasteiger partial charge < -0.3 is 19.9 Å². The molecule has 0 amide bonds. The van der Waals surface area contributed by atoms with Crippen LogP contribution in [0.25, 0.3) is 0 Å². The third-order valence-corrected chi connectivity index (χ3v) is 3.42. The van der Waals surface area contributed by atoms with Crippen molar-refractivity contribution in [3.05, 3.63) is 59.7 Å². The van der Waals surface area contributed by atoms with Crippen molar-refractivity contribution in [2.75, 3.05) is 14.2 Å². The van der Waals surface area contributed by atoms with E-state index < -0.39 is 12.0 Å². The van der Waals surface area contributed by atoms with E-state index in [1.807, 2.05) is 48.5 Å². The largest absolute Gasteiger partial charge is 0.497 e. The van der Waals surface area contributed by atoms with Gasteiger partial charge in [-0.1, -0.05) is 24.3 Å². The molecular formula is C18H21NO4. The van der Waals surface area contributed by atoms with Crippen LogP contribution in [-0.2, 0) is 22.6 Å². The van der Waals surface area contributed by atoms with Gasteiger partial charge in [-0.05, 0) is 41.8 Å². The number of rotatable bonds is 7. The molecule has 122 valence electrons. The van der Waals surface area contributed by atoms with Gasteiger partial charge in [0.1, 0.15) is 24.1 Å². The van der Waals surface area contributed by atoms with E-state index >= 15 is 0 Å². The fourth-order valence-electron chi connectivity index (χ4n) is 2.14. The first-order valence-electron chi connectivity index (χ1n) is 7.30. The summed E-state index contributed by atoms with van der Waals surface area (Å²) in [5.41, 5.74) is 7.73. The molecule has 0 aliphatic carbocycles. The monoisotopic (exact) mass is 315 g/mol. The van der Waals surface area contributed by atoms with Crippen molar-refractivity contribution in [1.82, 2.24) is 0 Å². The Labute approximate surface area is 136 Å². The van der Waals surface area contributed by atoms with Crippen molar-refractivity contribution in [2.24, 2.45) is 5.73 Å². The molecule has 2 N–H and O–H groups in total. The molecule has 5 heteroatoms. The zero-order chi connectivity index (χ0) is 16.7. The zero-order valence-electron chi connectivity index (χ0n) is 13.3. The van der Waals surface area contributed by atoms with Crippen LogP contribution < -0.4 is 15.2 Å². The first-order valence-corrected chi connectivity index (χ1v) is 7.30. The second kappa shape index (κ2) is 8.19. The average molecular weight is 315 g/mol. The minimum Gasteiger partial charge on any atom is -0.497 e. The van der Waals surface area contributed by atoms with E-state index in [1.165, 1.54) is 7.11 Å². The second-order valence-corrected chi connectivity index (χ2v) is 5.12. The minimum atomic E-state index is -0.649. The van der Waals surface area contributed by atoms with Crippen LogP contribution >= 0.6 is 0 Å². The standard InChI is InChI=1S/C18H21NO4/c1-21-16-5-3-4-14(10-16)12-23-15-8-6-13(7-9-15)11-17(19)18(20)22-2/h3-10,17H,11-12,19H2,1-2H3/t17-/m0/s1. The van der Waals surface area contributed by atoms with Gasteiger partial charge in [-0.2, -0.15) is 0 Å². The first-order chi connectivity index (χ1) is 11.1. The Bertz CT molecular complexity index is 640. The molecule has 0 spiro atoms. The molecule has 0 aliphatic heterocycles. The van der Waals surface area contributed by atoms with Crippen molar-refractivity contribution in [3.8, 4) is 11.5 Å². The van der Waals surface area contributed by atoms with Gasteiger partial charge in [0.25, 0.3) is 0 Å². The third-order valence-electron chi connectivity index (χ3n) is 3.42. The summed E-state index contributed by atoms with van der Waals surface area (Å²) < 4.78 is 15.5. The van der Waals surface area contributed by atoms with Crippen molar-refractivity contribution >= 4 is 5.97 Å². The van der Waals surface area contributed by atoms with Crippen LogP contribution in [0.4, 0.5) is 0 Å². The molecule has 2 aromatic carbocycles. The Morgan fingerprint density at radius 1 is 1.04 bits per heavy atom. The summed E-state index contributed by atoms with van der Waals surface area (Å²) in [6.07, 6.45) is 0.433. The molecular weight excluding hydrogens is 294 g/mol. The van der Waals surface area contributed by atoms with Crippen molar-refractivity contribution in [2.45, 2.75) is 19.1 Å². The van der Waals surface area contributed by atoms with Gasteiger partial charge in [0, 0.05) is 0 Å². The molecule has 0 bridgehead atoms. The summed E-state index contributed by atoms with van der Waals surface area (Å²) in [7, 11) is 2.97. The lowest BCUT2D eigenvalue weighted by molar-refractivity contribution is -0.142. The number of carbonyl (C=O) groups is 1. The lowest BCUT2D eigenvalue weighted by atomic mass is 10.1. The normalized spacial score (nSPS) is 11.6. The van der Waals surface area contributed by atoms with Crippen molar-refractivity contribution in [1.29, 1.82) is 0 Å². The number of hydrogen-bond donors (Lipinski definition) is 1. The van der Waals surface area contributed by atoms with E-state index in [4.69, 9.17) is 15.2 Å². The highest BCUT2D eigenvalue weighted by molar-refractivity contribution is 5.75. The highest BCUT2D eigenvalue weighted by Gasteiger charge is 2.14. The molecule has 0 unspecified atom stereocenters. The summed E-state index contributed by atoms with van der Waals surface area (Å²) in [6.45, 7) is 0.457. The molecule has 0 saturated heterocycles. The summed E-state index contributed by atoms with van der Waals surface area (Å²) in [5.74, 6) is 1.14. The zero-order valence-corrected chi connectivity index (χ0v) is 13.3. The molecule has 0 aliphatic rings. The summed E-state index contributed by atoms with van der Waals surface area (Å²) >= 11 is 0. The molecule has 1 atom stereocenters. The fourth-order valence-corrected chi connectivity index (χ4v) is 2.14. The van der Waals surface area contributed by atoms with Gasteiger partial charge in [-0.3, -0.25) is 4.79 Å². The fraction of sp³-hybridized carbons (Fsp3) is 0.278. The first kappa shape index (κ1) is 16.8. The van der Waals surface area contributed by atoms with Crippen LogP contribution in [0.1, 0.15) is 11.1 Å². The van der Waals surface area contributed by atoms with Gasteiger partial charge in [-0.25, -0.2) is 0 Å². The second-order valence-electron chi connectivity index (χ2n) is 5.12. The van der Waals surface area contributed by atoms with E-state index in [-0.39, 0.29) is 0 Å². The Kier molecular flexibility index (Phi) is 6.00. The van der Waals surface area contributed by atoms with Gasteiger partial charge in [-0.15, -0.1) is 0 Å². The maximum absolute atomic E-state index is 11.3. The number of carbonyl (C=O) groups excluding carboxylic acids is 1. The lowest BCUT2D eigenvalue weighted by Crippen LogP contribution is -2.33. The van der Waals surface area contributed by atoms with Gasteiger partial charge in [0.05, 0.1) is 14.2 Å². The van der Waals surface area contributed by atoms with E-state index in [0.29, 0.717) is 13.0 Å². The highest BCUT2D eigenvalue weighted by atomic mass is 16.5. The SMILES string of the molecule is COC(=O)[C@@H](N)Cc1ccc(OCc2cccc(OC)c2)cc1. The number of esters is 1. The molecule has 5 nitrogen and oxygen atoms in total. The summed E-state index contributed by atoms with van der Waals surface area (Å²) in [4.78, 5) is 11.3. The number of benzene rings is 2. The van der Waals surface area contributed by atoms with Crippen LogP contribution in [0.5, 0.6) is 11.5 Å². The molecule has 0 radical (unpaired) electrons. The van der Waals surface area contributed by atoms with Crippen molar-refractivity contribution in [3.63, 3.8) is 0 Å². The quantitative estimate of drug-likeness (QED) is 0.794. The smallest absolute Gasteiger partial charge is 0.322 e.